The van der Waals surface area contributed by atoms with Crippen molar-refractivity contribution in [3.05, 3.63) is 75.5 Å². The number of rotatable bonds is 8. The SMILES string of the molecule is O=C(CN1CCC(CN2CCNCC2)CC1)N1CCN(C(O)c2cc(Cc3n[nH]c(=O)c4ccccc34)ccc2F)CC1. The Morgan fingerprint density at radius 2 is 1.67 bits per heavy atom. The number of aliphatic hydroxyl groups is 1. The second-order valence-corrected chi connectivity index (χ2v) is 12.1. The lowest BCUT2D eigenvalue weighted by Crippen LogP contribution is -2.52. The van der Waals surface area contributed by atoms with E-state index in [1.165, 1.54) is 6.07 Å². The molecule has 10 nitrogen and oxygen atoms in total. The fourth-order valence-corrected chi connectivity index (χ4v) is 6.69. The molecule has 1 aromatic heterocycles. The molecule has 3 aliphatic rings. The number of nitrogens with one attached hydrogen (secondary N) is 2. The number of piperidine rings is 1. The van der Waals surface area contributed by atoms with Crippen molar-refractivity contribution in [3.63, 3.8) is 0 Å². The Bertz CT molecular complexity index is 1460. The van der Waals surface area contributed by atoms with Crippen LogP contribution in [0.4, 0.5) is 4.39 Å². The number of carbonyl (C=O) groups is 1. The summed E-state index contributed by atoms with van der Waals surface area (Å²) in [5, 5.41) is 22.6. The van der Waals surface area contributed by atoms with Crippen molar-refractivity contribution in [2.75, 3.05) is 78.5 Å². The van der Waals surface area contributed by atoms with E-state index >= 15 is 0 Å². The van der Waals surface area contributed by atoms with Crippen LogP contribution in [-0.4, -0.2) is 119 Å². The van der Waals surface area contributed by atoms with Crippen LogP contribution in [0.25, 0.3) is 10.8 Å². The van der Waals surface area contributed by atoms with Crippen molar-refractivity contribution in [2.45, 2.75) is 25.5 Å². The van der Waals surface area contributed by atoms with Crippen LogP contribution in [0, 0.1) is 11.7 Å². The van der Waals surface area contributed by atoms with Crippen LogP contribution in [0.1, 0.15) is 35.9 Å². The monoisotopic (exact) mass is 591 g/mol. The molecule has 0 bridgehead atoms. The Balaban J connectivity index is 1.00. The van der Waals surface area contributed by atoms with E-state index in [0.717, 1.165) is 69.6 Å². The van der Waals surface area contributed by atoms with E-state index in [0.29, 0.717) is 56.1 Å². The fourth-order valence-electron chi connectivity index (χ4n) is 6.69. The zero-order chi connectivity index (χ0) is 29.8. The van der Waals surface area contributed by atoms with E-state index in [-0.39, 0.29) is 17.0 Å². The molecule has 1 atom stereocenters. The number of halogens is 1. The summed E-state index contributed by atoms with van der Waals surface area (Å²) in [6.07, 6.45) is 1.53. The molecule has 3 saturated heterocycles. The number of hydrogen-bond donors (Lipinski definition) is 3. The smallest absolute Gasteiger partial charge is 0.272 e. The van der Waals surface area contributed by atoms with Crippen LogP contribution in [0.15, 0.2) is 47.3 Å². The van der Waals surface area contributed by atoms with Gasteiger partial charge in [-0.1, -0.05) is 24.3 Å². The van der Waals surface area contributed by atoms with Crippen LogP contribution in [0.3, 0.4) is 0 Å². The maximum Gasteiger partial charge on any atom is 0.272 e. The second kappa shape index (κ2) is 13.6. The minimum Gasteiger partial charge on any atom is -0.374 e. The van der Waals surface area contributed by atoms with Crippen LogP contribution >= 0.6 is 0 Å². The van der Waals surface area contributed by atoms with E-state index in [2.05, 4.69) is 25.3 Å². The van der Waals surface area contributed by atoms with Crippen molar-refractivity contribution in [1.29, 1.82) is 0 Å². The molecule has 1 amide bonds. The van der Waals surface area contributed by atoms with Gasteiger partial charge in [0.1, 0.15) is 12.0 Å². The number of benzene rings is 2. The van der Waals surface area contributed by atoms with Gasteiger partial charge in [-0.15, -0.1) is 0 Å². The minimum absolute atomic E-state index is 0.128. The first kappa shape index (κ1) is 29.8. The zero-order valence-corrected chi connectivity index (χ0v) is 24.7. The number of nitrogens with zero attached hydrogens (tertiary/aromatic N) is 5. The molecule has 0 saturated carbocycles. The Morgan fingerprint density at radius 3 is 2.42 bits per heavy atom. The van der Waals surface area contributed by atoms with Gasteiger partial charge in [-0.2, -0.15) is 5.10 Å². The molecular weight excluding hydrogens is 549 g/mol. The first-order valence-electron chi connectivity index (χ1n) is 15.5. The summed E-state index contributed by atoms with van der Waals surface area (Å²) in [7, 11) is 0. The molecule has 0 spiro atoms. The highest BCUT2D eigenvalue weighted by molar-refractivity contribution is 5.83. The molecule has 230 valence electrons. The highest BCUT2D eigenvalue weighted by Gasteiger charge is 2.29. The van der Waals surface area contributed by atoms with Crippen molar-refractivity contribution in [3.8, 4) is 0 Å². The topological polar surface area (TPSA) is 108 Å². The summed E-state index contributed by atoms with van der Waals surface area (Å²) >= 11 is 0. The Morgan fingerprint density at radius 1 is 0.953 bits per heavy atom. The van der Waals surface area contributed by atoms with Crippen molar-refractivity contribution in [1.82, 2.24) is 35.1 Å². The normalized spacial score (nSPS) is 20.5. The largest absolute Gasteiger partial charge is 0.374 e. The number of hydrogen-bond acceptors (Lipinski definition) is 8. The summed E-state index contributed by atoms with van der Waals surface area (Å²) in [4.78, 5) is 33.8. The van der Waals surface area contributed by atoms with Gasteiger partial charge in [-0.25, -0.2) is 9.49 Å². The number of aliphatic hydroxyl groups excluding tert-OH is 1. The predicted octanol–water partition coefficient (Wildman–Crippen LogP) is 1.41. The molecule has 3 N–H and O–H groups in total. The number of aromatic nitrogens is 2. The molecule has 4 heterocycles. The fraction of sp³-hybridized carbons (Fsp3) is 0.531. The Labute approximate surface area is 251 Å². The molecule has 3 fully saturated rings. The standard InChI is InChI=1S/C32H42FN7O3/c33-28-6-5-24(20-29-25-3-1-2-4-26(25)31(42)36-35-29)19-27(28)32(43)40-17-15-39(16-18-40)30(41)22-37-11-7-23(8-12-37)21-38-13-9-34-10-14-38/h1-6,19,23,32,34,43H,7-18,20-22H2,(H,36,42). The zero-order valence-electron chi connectivity index (χ0n) is 24.7. The molecule has 2 aromatic carbocycles. The third-order valence-electron chi connectivity index (χ3n) is 9.29. The maximum atomic E-state index is 14.9. The predicted molar refractivity (Wildman–Crippen MR) is 163 cm³/mol. The summed E-state index contributed by atoms with van der Waals surface area (Å²) in [6.45, 7) is 9.87. The molecule has 3 aliphatic heterocycles. The number of piperazine rings is 2. The summed E-state index contributed by atoms with van der Waals surface area (Å²) in [5.74, 6) is 0.360. The number of likely N-dealkylation sites (tertiary alicyclic amines) is 1. The van der Waals surface area contributed by atoms with Crippen LogP contribution in [-0.2, 0) is 11.2 Å². The average molecular weight is 592 g/mol. The number of aromatic amines is 1. The van der Waals surface area contributed by atoms with E-state index < -0.39 is 12.0 Å². The van der Waals surface area contributed by atoms with Gasteiger partial charge in [-0.3, -0.25) is 19.4 Å². The Hall–Kier alpha value is -3.22. The number of amides is 1. The second-order valence-electron chi connectivity index (χ2n) is 12.1. The van der Waals surface area contributed by atoms with Crippen molar-refractivity contribution < 1.29 is 14.3 Å². The molecule has 43 heavy (non-hydrogen) atoms. The highest BCUT2D eigenvalue weighted by atomic mass is 19.1. The van der Waals surface area contributed by atoms with E-state index in [1.807, 2.05) is 21.9 Å². The lowest BCUT2D eigenvalue weighted by atomic mass is 9.96. The summed E-state index contributed by atoms with van der Waals surface area (Å²) < 4.78 is 14.9. The van der Waals surface area contributed by atoms with Gasteiger partial charge >= 0.3 is 0 Å². The molecule has 11 heteroatoms. The average Bonchev–Trinajstić information content (AvgIpc) is 3.04. The van der Waals surface area contributed by atoms with Gasteiger partial charge in [0.05, 0.1) is 17.6 Å². The van der Waals surface area contributed by atoms with Crippen LogP contribution in [0.5, 0.6) is 0 Å². The third-order valence-corrected chi connectivity index (χ3v) is 9.29. The van der Waals surface area contributed by atoms with Gasteiger partial charge in [0, 0.05) is 76.3 Å². The van der Waals surface area contributed by atoms with Crippen molar-refractivity contribution >= 4 is 16.7 Å². The maximum absolute atomic E-state index is 14.9. The molecule has 3 aromatic rings. The van der Waals surface area contributed by atoms with E-state index in [9.17, 15) is 19.1 Å². The number of H-pyrrole nitrogens is 1. The lowest BCUT2D eigenvalue weighted by molar-refractivity contribution is -0.136. The molecular formula is C32H42FN7O3. The first-order chi connectivity index (χ1) is 20.9. The van der Waals surface area contributed by atoms with Gasteiger partial charge < -0.3 is 20.2 Å². The number of fused-ring (bicyclic) bond motifs is 1. The molecule has 6 rings (SSSR count). The highest BCUT2D eigenvalue weighted by Crippen LogP contribution is 2.26. The third kappa shape index (κ3) is 7.13. The van der Waals surface area contributed by atoms with Gasteiger partial charge in [0.15, 0.2) is 0 Å². The van der Waals surface area contributed by atoms with Crippen LogP contribution < -0.4 is 10.9 Å². The lowest BCUT2D eigenvalue weighted by Gasteiger charge is -2.39. The summed E-state index contributed by atoms with van der Waals surface area (Å²) in [5.41, 5.74) is 1.41. The van der Waals surface area contributed by atoms with Gasteiger partial charge in [0.25, 0.3) is 5.56 Å². The first-order valence-corrected chi connectivity index (χ1v) is 15.5. The summed E-state index contributed by atoms with van der Waals surface area (Å²) in [6, 6.07) is 12.0. The number of carbonyl (C=O) groups excluding carboxylic acids is 1. The van der Waals surface area contributed by atoms with Gasteiger partial charge in [0.2, 0.25) is 5.91 Å². The molecule has 1 unspecified atom stereocenters. The van der Waals surface area contributed by atoms with E-state index in [1.54, 1.807) is 24.3 Å². The quantitative estimate of drug-likeness (QED) is 0.361. The molecule has 0 radical (unpaired) electrons. The van der Waals surface area contributed by atoms with Gasteiger partial charge in [-0.05, 0) is 55.6 Å². The van der Waals surface area contributed by atoms with Crippen LogP contribution in [0.2, 0.25) is 0 Å². The molecule has 0 aliphatic carbocycles. The minimum atomic E-state index is -1.12. The Kier molecular flexibility index (Phi) is 9.44. The van der Waals surface area contributed by atoms with E-state index in [4.69, 9.17) is 0 Å². The van der Waals surface area contributed by atoms with Crippen molar-refractivity contribution in [2.24, 2.45) is 5.92 Å².